The molecule has 2 aliphatic rings. The molecule has 91 heavy (non-hydrogen) atoms. The standard InChI is InChI=1S/C84H63BN6/c1-52-26-22-27-53(2)80(52)89(71-45-25-44-70-76(71)62-38-16-19-41-67(62)86(70)58-32-10-7-11-33-58)61-50-74-79-75(51-61)91(82-56(5)30-24-31-57(82)6)84-66(47-49-73-78(84)64-40-18-21-43-69(64)88(73)60-36-14-9-15-37-60)85(79)65-46-48-72-77(83(65)90(74)81-54(3)28-23-29-55(81)4)63-39-17-20-42-68(63)87(72)59-34-12-8-13-35-59/h7-51H,1-6H3. The highest BCUT2D eigenvalue weighted by atomic mass is 15.2. The van der Waals surface area contributed by atoms with Crippen molar-refractivity contribution >= 4 is 140 Å². The van der Waals surface area contributed by atoms with Crippen LogP contribution in [0.25, 0.3) is 82.5 Å². The largest absolute Gasteiger partial charge is 0.310 e. The summed E-state index contributed by atoms with van der Waals surface area (Å²) in [6.07, 6.45) is 0. The Hall–Kier alpha value is -11.3. The number of benzene rings is 13. The number of aromatic nitrogens is 3. The van der Waals surface area contributed by atoms with Crippen LogP contribution in [-0.2, 0) is 0 Å². The third-order valence-electron chi connectivity index (χ3n) is 19.9. The van der Waals surface area contributed by atoms with E-state index in [1.807, 2.05) is 0 Å². The number of hydrogen-bond acceptors (Lipinski definition) is 3. The molecule has 0 bridgehead atoms. The second-order valence-corrected chi connectivity index (χ2v) is 25.1. The zero-order valence-corrected chi connectivity index (χ0v) is 51.7. The Morgan fingerprint density at radius 3 is 1.04 bits per heavy atom. The molecule has 13 aromatic carbocycles. The van der Waals surface area contributed by atoms with Crippen molar-refractivity contribution in [3.63, 3.8) is 0 Å². The number of hydrogen-bond donors (Lipinski definition) is 0. The van der Waals surface area contributed by atoms with Gasteiger partial charge in [0, 0.05) is 60.8 Å². The smallest absolute Gasteiger partial charge is 0.252 e. The molecule has 7 heteroatoms. The zero-order chi connectivity index (χ0) is 60.9. The first-order chi connectivity index (χ1) is 44.7. The van der Waals surface area contributed by atoms with Crippen LogP contribution in [0.2, 0.25) is 0 Å². The molecule has 432 valence electrons. The van der Waals surface area contributed by atoms with Gasteiger partial charge in [0.25, 0.3) is 6.71 Å². The highest BCUT2D eigenvalue weighted by molar-refractivity contribution is 7.01. The van der Waals surface area contributed by atoms with Crippen molar-refractivity contribution in [2.24, 2.45) is 0 Å². The zero-order valence-electron chi connectivity index (χ0n) is 51.7. The third kappa shape index (κ3) is 7.55. The molecule has 2 aliphatic heterocycles. The van der Waals surface area contributed by atoms with Crippen LogP contribution in [0.3, 0.4) is 0 Å². The summed E-state index contributed by atoms with van der Waals surface area (Å²) in [6.45, 7) is 13.6. The fourth-order valence-electron chi connectivity index (χ4n) is 16.3. The Labute approximate surface area is 530 Å². The minimum Gasteiger partial charge on any atom is -0.310 e. The minimum absolute atomic E-state index is 0.211. The van der Waals surface area contributed by atoms with Gasteiger partial charge in [0.15, 0.2) is 0 Å². The number of fused-ring (bicyclic) bond motifs is 15. The summed E-state index contributed by atoms with van der Waals surface area (Å²) >= 11 is 0. The maximum atomic E-state index is 2.71. The highest BCUT2D eigenvalue weighted by Crippen LogP contribution is 2.55. The fraction of sp³-hybridized carbons (Fsp3) is 0.0714. The van der Waals surface area contributed by atoms with E-state index in [2.05, 4.69) is 343 Å². The van der Waals surface area contributed by atoms with E-state index in [1.165, 1.54) is 116 Å². The Morgan fingerprint density at radius 1 is 0.286 bits per heavy atom. The van der Waals surface area contributed by atoms with E-state index in [4.69, 9.17) is 0 Å². The van der Waals surface area contributed by atoms with Gasteiger partial charge in [-0.1, -0.05) is 182 Å². The molecule has 0 unspecified atom stereocenters. The molecule has 18 rings (SSSR count). The Balaban J connectivity index is 1.06. The first-order valence-electron chi connectivity index (χ1n) is 31.8. The second-order valence-electron chi connectivity index (χ2n) is 25.1. The third-order valence-corrected chi connectivity index (χ3v) is 19.9. The monoisotopic (exact) mass is 1170 g/mol. The summed E-state index contributed by atoms with van der Waals surface area (Å²) in [4.78, 5) is 8.05. The summed E-state index contributed by atoms with van der Waals surface area (Å²) in [5, 5.41) is 7.25. The Bertz CT molecular complexity index is 5390. The summed E-state index contributed by atoms with van der Waals surface area (Å²) in [5.41, 5.74) is 31.7. The first-order valence-corrected chi connectivity index (χ1v) is 31.8. The molecule has 16 aromatic rings. The van der Waals surface area contributed by atoms with Crippen LogP contribution in [0.15, 0.2) is 273 Å². The van der Waals surface area contributed by atoms with Gasteiger partial charge in [-0.3, -0.25) is 0 Å². The Kier molecular flexibility index (Phi) is 11.7. The van der Waals surface area contributed by atoms with Gasteiger partial charge in [-0.2, -0.15) is 0 Å². The van der Waals surface area contributed by atoms with E-state index in [9.17, 15) is 0 Å². The molecule has 0 aliphatic carbocycles. The van der Waals surface area contributed by atoms with E-state index < -0.39 is 0 Å². The molecular weight excluding hydrogens is 1100 g/mol. The van der Waals surface area contributed by atoms with E-state index in [0.29, 0.717) is 0 Å². The van der Waals surface area contributed by atoms with Crippen LogP contribution in [-0.4, -0.2) is 20.4 Å². The first kappa shape index (κ1) is 52.8. The predicted octanol–water partition coefficient (Wildman–Crippen LogP) is 20.4. The molecule has 0 amide bonds. The lowest BCUT2D eigenvalue weighted by Gasteiger charge is -2.46. The van der Waals surface area contributed by atoms with Crippen molar-refractivity contribution < 1.29 is 0 Å². The summed E-state index contributed by atoms with van der Waals surface area (Å²) < 4.78 is 7.42. The van der Waals surface area contributed by atoms with Gasteiger partial charge in [-0.05, 0) is 182 Å². The van der Waals surface area contributed by atoms with E-state index >= 15 is 0 Å². The van der Waals surface area contributed by atoms with Crippen molar-refractivity contribution in [1.29, 1.82) is 0 Å². The normalized spacial score (nSPS) is 12.7. The molecule has 0 N–H and O–H groups in total. The molecular formula is C84H63BN6. The van der Waals surface area contributed by atoms with Crippen molar-refractivity contribution in [3.05, 3.63) is 306 Å². The highest BCUT2D eigenvalue weighted by Gasteiger charge is 2.47. The van der Waals surface area contributed by atoms with Crippen molar-refractivity contribution in [2.75, 3.05) is 14.7 Å². The average Bonchev–Trinajstić information content (AvgIpc) is 1.61. The summed E-state index contributed by atoms with van der Waals surface area (Å²) in [6, 6.07) is 102. The molecule has 0 saturated carbocycles. The van der Waals surface area contributed by atoms with E-state index in [-0.39, 0.29) is 6.71 Å². The van der Waals surface area contributed by atoms with Crippen LogP contribution in [0, 0.1) is 41.5 Å². The molecule has 3 aromatic heterocycles. The number of para-hydroxylation sites is 9. The molecule has 5 heterocycles. The lowest BCUT2D eigenvalue weighted by atomic mass is 9.33. The van der Waals surface area contributed by atoms with Crippen LogP contribution in [0.4, 0.5) is 51.2 Å². The maximum absolute atomic E-state index is 2.71. The van der Waals surface area contributed by atoms with Gasteiger partial charge < -0.3 is 28.4 Å². The van der Waals surface area contributed by atoms with E-state index in [0.717, 1.165) is 67.6 Å². The summed E-state index contributed by atoms with van der Waals surface area (Å²) in [7, 11) is 0. The lowest BCUT2D eigenvalue weighted by molar-refractivity contribution is 1.17. The molecule has 0 radical (unpaired) electrons. The van der Waals surface area contributed by atoms with Gasteiger partial charge in [0.05, 0.1) is 72.9 Å². The van der Waals surface area contributed by atoms with Gasteiger partial charge in [0.2, 0.25) is 0 Å². The second kappa shape index (κ2) is 20.1. The molecule has 0 saturated heterocycles. The van der Waals surface area contributed by atoms with Crippen LogP contribution in [0.1, 0.15) is 33.4 Å². The molecule has 0 spiro atoms. The number of rotatable bonds is 8. The maximum Gasteiger partial charge on any atom is 0.252 e. The van der Waals surface area contributed by atoms with E-state index in [1.54, 1.807) is 0 Å². The van der Waals surface area contributed by atoms with Crippen molar-refractivity contribution in [2.45, 2.75) is 41.5 Å². The lowest BCUT2D eigenvalue weighted by Crippen LogP contribution is -2.61. The minimum atomic E-state index is -0.211. The van der Waals surface area contributed by atoms with Gasteiger partial charge >= 0.3 is 0 Å². The van der Waals surface area contributed by atoms with Crippen molar-refractivity contribution in [3.8, 4) is 17.1 Å². The van der Waals surface area contributed by atoms with Crippen LogP contribution in [0.5, 0.6) is 0 Å². The fourth-order valence-corrected chi connectivity index (χ4v) is 16.3. The molecule has 0 atom stereocenters. The van der Waals surface area contributed by atoms with Crippen LogP contribution >= 0.6 is 0 Å². The predicted molar refractivity (Wildman–Crippen MR) is 387 cm³/mol. The Morgan fingerprint density at radius 2 is 0.626 bits per heavy atom. The number of aryl methyl sites for hydroxylation is 6. The summed E-state index contributed by atoms with van der Waals surface area (Å²) in [5.74, 6) is 0. The van der Waals surface area contributed by atoms with Gasteiger partial charge in [0.1, 0.15) is 0 Å². The van der Waals surface area contributed by atoms with Crippen molar-refractivity contribution in [1.82, 2.24) is 13.7 Å². The quantitative estimate of drug-likeness (QED) is 0.142. The SMILES string of the molecule is Cc1cccc(C)c1N(c1cc2c3c(c1)N(c1c(C)cccc1C)c1c(ccc4c1c1ccccc1n4-c1ccccc1)B3c1ccc3c(c1N2c1c(C)cccc1C)c1ccccc1n3-c1ccccc1)c1cccc2c1c1ccccc1n2-c1ccccc1. The van der Waals surface area contributed by atoms with Gasteiger partial charge in [-0.25, -0.2) is 0 Å². The topological polar surface area (TPSA) is 24.5 Å². The average molecular weight is 1170 g/mol. The van der Waals surface area contributed by atoms with Crippen LogP contribution < -0.4 is 31.1 Å². The molecule has 0 fully saturated rings. The molecule has 6 nitrogen and oxygen atoms in total. The number of anilines is 9. The van der Waals surface area contributed by atoms with Gasteiger partial charge in [-0.15, -0.1) is 0 Å². The number of nitrogens with zero attached hydrogens (tertiary/aromatic N) is 6.